The number of hydrogen-bond donors (Lipinski definition) is 4. The van der Waals surface area contributed by atoms with Crippen LogP contribution < -0.4 is 21.3 Å². The van der Waals surface area contributed by atoms with E-state index in [1.165, 1.54) is 47.7 Å². The number of amides is 4. The zero-order valence-corrected chi connectivity index (χ0v) is 17.1. The number of nitrogens with one attached hydrogen (secondary N) is 4. The first-order valence-electron chi connectivity index (χ1n) is 9.60. The lowest BCUT2D eigenvalue weighted by molar-refractivity contribution is 0.247. The summed E-state index contributed by atoms with van der Waals surface area (Å²) < 4.78 is 26.5. The molecule has 4 amide bonds. The highest BCUT2D eigenvalue weighted by atomic mass is 32.1. The van der Waals surface area contributed by atoms with Crippen molar-refractivity contribution in [2.75, 3.05) is 16.0 Å². The molecule has 0 spiro atoms. The van der Waals surface area contributed by atoms with Crippen LogP contribution in [0.25, 0.3) is 0 Å². The molecule has 1 aliphatic rings. The fraction of sp³-hybridized carbons (Fsp3) is 0.190. The molecule has 4 N–H and O–H groups in total. The van der Waals surface area contributed by atoms with Gasteiger partial charge in [0.15, 0.2) is 5.13 Å². The normalized spacial score (nSPS) is 15.0. The molecule has 1 atom stereocenters. The van der Waals surface area contributed by atoms with Crippen molar-refractivity contribution in [2.45, 2.75) is 25.3 Å². The number of hydrogen-bond acceptors (Lipinski definition) is 4. The second kappa shape index (κ2) is 9.09. The van der Waals surface area contributed by atoms with Gasteiger partial charge in [0.2, 0.25) is 0 Å². The summed E-state index contributed by atoms with van der Waals surface area (Å²) in [5.41, 5.74) is 1.60. The summed E-state index contributed by atoms with van der Waals surface area (Å²) in [7, 11) is 0. The van der Waals surface area contributed by atoms with Crippen molar-refractivity contribution in [3.8, 4) is 0 Å². The largest absolute Gasteiger partial charge is 0.335 e. The maximum atomic E-state index is 13.2. The zero-order valence-electron chi connectivity index (χ0n) is 16.2. The molecule has 0 saturated carbocycles. The van der Waals surface area contributed by atoms with Crippen LogP contribution in [0.4, 0.5) is 34.9 Å². The molecule has 0 fully saturated rings. The Kier molecular flexibility index (Phi) is 6.08. The second-order valence-electron chi connectivity index (χ2n) is 7.03. The molecule has 1 heterocycles. The van der Waals surface area contributed by atoms with Gasteiger partial charge in [-0.2, -0.15) is 0 Å². The molecule has 0 bridgehead atoms. The van der Waals surface area contributed by atoms with E-state index in [1.54, 1.807) is 12.1 Å². The van der Waals surface area contributed by atoms with E-state index in [0.29, 0.717) is 35.8 Å². The van der Waals surface area contributed by atoms with E-state index in [4.69, 9.17) is 0 Å². The lowest BCUT2D eigenvalue weighted by Crippen LogP contribution is -2.41. The Bertz CT molecular complexity index is 1120. The highest BCUT2D eigenvalue weighted by Gasteiger charge is 2.24. The third-order valence-electron chi connectivity index (χ3n) is 4.66. The molecular weight excluding hydrogens is 424 g/mol. The topological polar surface area (TPSA) is 95.2 Å². The predicted octanol–water partition coefficient (Wildman–Crippen LogP) is 4.74. The standard InChI is InChI=1S/C21H19F2N5O2S/c22-12-3-1-5-14(9-12)24-19(29)26-16-7-8-17-18(11-16)31-21(27-17)28-20(30)25-15-6-2-4-13(23)10-15/h1-6,9-10,16H,7-8,11H2,(H2,24,26,29)(H2,25,27,28,30). The van der Waals surface area contributed by atoms with Crippen molar-refractivity contribution >= 4 is 39.9 Å². The third kappa shape index (κ3) is 5.54. The summed E-state index contributed by atoms with van der Waals surface area (Å²) >= 11 is 1.34. The Balaban J connectivity index is 1.31. The first-order valence-corrected chi connectivity index (χ1v) is 10.4. The average Bonchev–Trinajstić information content (AvgIpc) is 3.09. The third-order valence-corrected chi connectivity index (χ3v) is 5.70. The maximum absolute atomic E-state index is 13.2. The van der Waals surface area contributed by atoms with E-state index >= 15 is 0 Å². The number of aromatic nitrogens is 1. The number of urea groups is 2. The van der Waals surface area contributed by atoms with Gasteiger partial charge in [0.25, 0.3) is 0 Å². The van der Waals surface area contributed by atoms with Gasteiger partial charge in [-0.15, -0.1) is 11.3 Å². The number of thiazole rings is 1. The number of halogens is 2. The van der Waals surface area contributed by atoms with Crippen LogP contribution in [0.1, 0.15) is 17.0 Å². The van der Waals surface area contributed by atoms with Crippen LogP contribution in [0.15, 0.2) is 48.5 Å². The molecule has 2 aromatic carbocycles. The van der Waals surface area contributed by atoms with Gasteiger partial charge in [-0.3, -0.25) is 5.32 Å². The van der Waals surface area contributed by atoms with E-state index in [0.717, 1.165) is 10.6 Å². The number of carbonyl (C=O) groups excluding carboxylic acids is 2. The van der Waals surface area contributed by atoms with Crippen molar-refractivity contribution in [2.24, 2.45) is 0 Å². The van der Waals surface area contributed by atoms with Crippen molar-refractivity contribution in [1.82, 2.24) is 10.3 Å². The van der Waals surface area contributed by atoms with Gasteiger partial charge in [-0.05, 0) is 49.2 Å². The molecule has 7 nitrogen and oxygen atoms in total. The molecule has 160 valence electrons. The maximum Gasteiger partial charge on any atom is 0.325 e. The number of nitrogens with zero attached hydrogens (tertiary/aromatic N) is 1. The predicted molar refractivity (Wildman–Crippen MR) is 116 cm³/mol. The van der Waals surface area contributed by atoms with E-state index < -0.39 is 23.7 Å². The summed E-state index contributed by atoms with van der Waals surface area (Å²) in [6.45, 7) is 0. The van der Waals surface area contributed by atoms with Gasteiger partial charge in [0.1, 0.15) is 11.6 Å². The Hall–Kier alpha value is -3.53. The van der Waals surface area contributed by atoms with Gasteiger partial charge < -0.3 is 16.0 Å². The quantitative estimate of drug-likeness (QED) is 0.469. The number of benzene rings is 2. The van der Waals surface area contributed by atoms with Gasteiger partial charge in [0, 0.05) is 28.7 Å². The minimum Gasteiger partial charge on any atom is -0.335 e. The molecule has 1 unspecified atom stereocenters. The molecule has 4 rings (SSSR count). The van der Waals surface area contributed by atoms with Gasteiger partial charge in [0.05, 0.1) is 5.69 Å². The van der Waals surface area contributed by atoms with Crippen LogP contribution in [0, 0.1) is 11.6 Å². The Labute approximate surface area is 180 Å². The molecule has 1 aromatic heterocycles. The highest BCUT2D eigenvalue weighted by Crippen LogP contribution is 2.30. The van der Waals surface area contributed by atoms with Crippen LogP contribution in [-0.4, -0.2) is 23.1 Å². The SMILES string of the molecule is O=C(Nc1cccc(F)c1)Nc1nc2c(s1)CC(NC(=O)Nc1cccc(F)c1)CC2. The number of anilines is 3. The van der Waals surface area contributed by atoms with Crippen molar-refractivity contribution < 1.29 is 18.4 Å². The molecule has 0 radical (unpaired) electrons. The Morgan fingerprint density at radius 3 is 2.23 bits per heavy atom. The van der Waals surface area contributed by atoms with Crippen LogP contribution in [0.3, 0.4) is 0 Å². The number of carbonyl (C=O) groups is 2. The monoisotopic (exact) mass is 443 g/mol. The molecule has 0 aliphatic heterocycles. The molecule has 3 aromatic rings. The molecule has 10 heteroatoms. The van der Waals surface area contributed by atoms with E-state index in [-0.39, 0.29) is 6.04 Å². The molecular formula is C21H19F2N5O2S. The fourth-order valence-corrected chi connectivity index (χ4v) is 4.38. The Morgan fingerprint density at radius 2 is 1.58 bits per heavy atom. The van der Waals surface area contributed by atoms with Gasteiger partial charge >= 0.3 is 12.1 Å². The highest BCUT2D eigenvalue weighted by molar-refractivity contribution is 7.15. The number of rotatable bonds is 4. The molecule has 31 heavy (non-hydrogen) atoms. The van der Waals surface area contributed by atoms with Crippen LogP contribution in [0.2, 0.25) is 0 Å². The summed E-state index contributed by atoms with van der Waals surface area (Å²) in [5.74, 6) is -0.867. The lowest BCUT2D eigenvalue weighted by Gasteiger charge is -2.22. The Morgan fingerprint density at radius 1 is 0.935 bits per heavy atom. The smallest absolute Gasteiger partial charge is 0.325 e. The van der Waals surface area contributed by atoms with Gasteiger partial charge in [-0.25, -0.2) is 23.4 Å². The van der Waals surface area contributed by atoms with E-state index in [2.05, 4.69) is 26.3 Å². The van der Waals surface area contributed by atoms with Crippen molar-refractivity contribution in [3.63, 3.8) is 0 Å². The first-order chi connectivity index (χ1) is 14.9. The zero-order chi connectivity index (χ0) is 21.8. The van der Waals surface area contributed by atoms with E-state index in [9.17, 15) is 18.4 Å². The van der Waals surface area contributed by atoms with Crippen molar-refractivity contribution in [1.29, 1.82) is 0 Å². The minimum atomic E-state index is -0.513. The van der Waals surface area contributed by atoms with E-state index in [1.807, 2.05) is 0 Å². The van der Waals surface area contributed by atoms with Crippen LogP contribution in [0.5, 0.6) is 0 Å². The summed E-state index contributed by atoms with van der Waals surface area (Å²) in [5, 5.41) is 11.2. The summed E-state index contributed by atoms with van der Waals surface area (Å²) in [4.78, 5) is 29.8. The van der Waals surface area contributed by atoms with Crippen molar-refractivity contribution in [3.05, 3.63) is 70.7 Å². The van der Waals surface area contributed by atoms with Crippen LogP contribution >= 0.6 is 11.3 Å². The first kappa shape index (κ1) is 20.7. The number of fused-ring (bicyclic) bond motifs is 1. The summed E-state index contributed by atoms with van der Waals surface area (Å²) in [6.07, 6.45) is 1.93. The average molecular weight is 443 g/mol. The second-order valence-corrected chi connectivity index (χ2v) is 8.11. The number of aryl methyl sites for hydroxylation is 1. The lowest BCUT2D eigenvalue weighted by atomic mass is 9.98. The molecule has 1 aliphatic carbocycles. The van der Waals surface area contributed by atoms with Gasteiger partial charge in [-0.1, -0.05) is 12.1 Å². The van der Waals surface area contributed by atoms with Crippen LogP contribution in [-0.2, 0) is 12.8 Å². The summed E-state index contributed by atoms with van der Waals surface area (Å²) in [6, 6.07) is 10.3. The molecule has 0 saturated heterocycles. The minimum absolute atomic E-state index is 0.101. The fourth-order valence-electron chi connectivity index (χ4n) is 3.30.